The molecule has 3 nitrogen and oxygen atoms in total. The Labute approximate surface area is 105 Å². The number of hydrogen-bond acceptors (Lipinski definition) is 2. The van der Waals surface area contributed by atoms with Crippen LogP contribution in [0.2, 0.25) is 0 Å². The maximum absolute atomic E-state index is 4.39. The summed E-state index contributed by atoms with van der Waals surface area (Å²) in [7, 11) is 0. The van der Waals surface area contributed by atoms with Crippen molar-refractivity contribution in [1.29, 1.82) is 0 Å². The molecule has 0 spiro atoms. The highest BCUT2D eigenvalue weighted by Crippen LogP contribution is 2.09. The summed E-state index contributed by atoms with van der Waals surface area (Å²) in [5.74, 6) is 1.10. The van der Waals surface area contributed by atoms with Gasteiger partial charge in [0.1, 0.15) is 5.82 Å². The predicted molar refractivity (Wildman–Crippen MR) is 73.0 cm³/mol. The quantitative estimate of drug-likeness (QED) is 0.606. The molecule has 0 saturated carbocycles. The van der Waals surface area contributed by atoms with E-state index in [4.69, 9.17) is 0 Å². The summed E-state index contributed by atoms with van der Waals surface area (Å²) >= 11 is 0. The molecule has 0 aliphatic carbocycles. The lowest BCUT2D eigenvalue weighted by molar-refractivity contribution is 0.414. The molecule has 1 aromatic rings. The summed E-state index contributed by atoms with van der Waals surface area (Å²) in [6.07, 6.45) is 6.13. The molecule has 0 fully saturated rings. The van der Waals surface area contributed by atoms with Crippen LogP contribution < -0.4 is 5.32 Å². The molecule has 0 aliphatic rings. The molecule has 0 unspecified atom stereocenters. The normalized spacial score (nSPS) is 11.8. The van der Waals surface area contributed by atoms with Crippen LogP contribution in [0, 0.1) is 6.92 Å². The van der Waals surface area contributed by atoms with Crippen molar-refractivity contribution in [3.8, 4) is 0 Å². The predicted octanol–water partition coefficient (Wildman–Crippen LogP) is 3.05. The molecule has 1 rings (SSSR count). The van der Waals surface area contributed by atoms with Gasteiger partial charge in [0.2, 0.25) is 0 Å². The van der Waals surface area contributed by atoms with Gasteiger partial charge in [-0.15, -0.1) is 6.58 Å². The summed E-state index contributed by atoms with van der Waals surface area (Å²) in [5.41, 5.74) is 1.41. The van der Waals surface area contributed by atoms with Crippen LogP contribution in [-0.4, -0.2) is 15.1 Å². The zero-order valence-corrected chi connectivity index (χ0v) is 11.6. The van der Waals surface area contributed by atoms with Crippen LogP contribution in [0.25, 0.3) is 0 Å². The average molecular weight is 235 g/mol. The van der Waals surface area contributed by atoms with Crippen molar-refractivity contribution in [3.63, 3.8) is 0 Å². The lowest BCUT2D eigenvalue weighted by Crippen LogP contribution is -2.35. The van der Waals surface area contributed by atoms with Gasteiger partial charge in [-0.2, -0.15) is 0 Å². The van der Waals surface area contributed by atoms with E-state index in [1.54, 1.807) is 0 Å². The lowest BCUT2D eigenvalue weighted by Gasteiger charge is -2.21. The van der Waals surface area contributed by atoms with Crippen LogP contribution in [0.15, 0.2) is 18.9 Å². The number of rotatable bonds is 6. The van der Waals surface area contributed by atoms with Gasteiger partial charge >= 0.3 is 0 Å². The number of nitrogens with one attached hydrogen (secondary N) is 1. The standard InChI is InChI=1S/C14H25N3/c1-6-7-8-9-17-12(2)15-10-13(17)11-16-14(3,4)5/h6,10,16H,1,7-9,11H2,2-5H3. The molecular weight excluding hydrogens is 210 g/mol. The first-order valence-electron chi connectivity index (χ1n) is 6.31. The van der Waals surface area contributed by atoms with Gasteiger partial charge in [0.15, 0.2) is 0 Å². The second kappa shape index (κ2) is 6.01. The Bertz CT molecular complexity index is 358. The highest BCUT2D eigenvalue weighted by atomic mass is 15.1. The zero-order valence-electron chi connectivity index (χ0n) is 11.6. The van der Waals surface area contributed by atoms with Crippen molar-refractivity contribution in [3.05, 3.63) is 30.4 Å². The fourth-order valence-electron chi connectivity index (χ4n) is 1.71. The van der Waals surface area contributed by atoms with Gasteiger partial charge in [0.25, 0.3) is 0 Å². The Kier molecular flexibility index (Phi) is 4.94. The van der Waals surface area contributed by atoms with E-state index in [1.165, 1.54) is 5.69 Å². The van der Waals surface area contributed by atoms with E-state index in [0.717, 1.165) is 31.8 Å². The first kappa shape index (κ1) is 14.0. The van der Waals surface area contributed by atoms with Crippen LogP contribution in [0.5, 0.6) is 0 Å². The lowest BCUT2D eigenvalue weighted by atomic mass is 10.1. The highest BCUT2D eigenvalue weighted by molar-refractivity contribution is 5.05. The molecule has 0 bridgehead atoms. The van der Waals surface area contributed by atoms with Crippen LogP contribution in [0.4, 0.5) is 0 Å². The van der Waals surface area contributed by atoms with E-state index in [-0.39, 0.29) is 5.54 Å². The summed E-state index contributed by atoms with van der Waals surface area (Å²) in [6.45, 7) is 14.3. The van der Waals surface area contributed by atoms with Crippen molar-refractivity contribution in [1.82, 2.24) is 14.9 Å². The molecule has 0 saturated heterocycles. The van der Waals surface area contributed by atoms with Crippen LogP contribution in [-0.2, 0) is 13.1 Å². The SMILES string of the molecule is C=CCCCn1c(CNC(C)(C)C)cnc1C. The summed E-state index contributed by atoms with van der Waals surface area (Å²) in [6, 6.07) is 0. The van der Waals surface area contributed by atoms with Crippen LogP contribution in [0.1, 0.15) is 45.1 Å². The topological polar surface area (TPSA) is 29.9 Å². The number of allylic oxidation sites excluding steroid dienone is 1. The van der Waals surface area contributed by atoms with E-state index in [1.807, 2.05) is 12.3 Å². The highest BCUT2D eigenvalue weighted by Gasteiger charge is 2.11. The molecule has 1 N–H and O–H groups in total. The Hall–Kier alpha value is -1.09. The van der Waals surface area contributed by atoms with E-state index in [0.29, 0.717) is 0 Å². The first-order valence-corrected chi connectivity index (χ1v) is 6.31. The largest absolute Gasteiger partial charge is 0.331 e. The van der Waals surface area contributed by atoms with Gasteiger partial charge in [-0.1, -0.05) is 6.08 Å². The van der Waals surface area contributed by atoms with Gasteiger partial charge in [0, 0.05) is 24.8 Å². The average Bonchev–Trinajstić information content (AvgIpc) is 2.57. The van der Waals surface area contributed by atoms with Crippen molar-refractivity contribution >= 4 is 0 Å². The van der Waals surface area contributed by atoms with Gasteiger partial charge in [0.05, 0.1) is 5.69 Å². The smallest absolute Gasteiger partial charge is 0.105 e. The van der Waals surface area contributed by atoms with E-state index >= 15 is 0 Å². The molecule has 3 heteroatoms. The third-order valence-electron chi connectivity index (χ3n) is 2.73. The van der Waals surface area contributed by atoms with Gasteiger partial charge in [-0.25, -0.2) is 4.98 Å². The van der Waals surface area contributed by atoms with Gasteiger partial charge < -0.3 is 9.88 Å². The second-order valence-corrected chi connectivity index (χ2v) is 5.48. The number of nitrogens with zero attached hydrogens (tertiary/aromatic N) is 2. The Morgan fingerprint density at radius 3 is 2.76 bits per heavy atom. The number of unbranched alkanes of at least 4 members (excludes halogenated alkanes) is 1. The maximum Gasteiger partial charge on any atom is 0.105 e. The molecule has 1 aromatic heterocycles. The molecule has 0 aromatic carbocycles. The molecule has 96 valence electrons. The molecular formula is C14H25N3. The number of imidazole rings is 1. The summed E-state index contributed by atoms with van der Waals surface area (Å²) < 4.78 is 2.29. The Balaban J connectivity index is 2.62. The van der Waals surface area contributed by atoms with E-state index in [9.17, 15) is 0 Å². The maximum atomic E-state index is 4.39. The van der Waals surface area contributed by atoms with E-state index < -0.39 is 0 Å². The summed E-state index contributed by atoms with van der Waals surface area (Å²) in [5, 5.41) is 3.50. The zero-order chi connectivity index (χ0) is 12.9. The van der Waals surface area contributed by atoms with Crippen molar-refractivity contribution in [2.75, 3.05) is 0 Å². The first-order chi connectivity index (χ1) is 7.94. The minimum atomic E-state index is 0.143. The minimum Gasteiger partial charge on any atom is -0.331 e. The molecule has 1 heterocycles. The Morgan fingerprint density at radius 1 is 1.47 bits per heavy atom. The number of aryl methyl sites for hydroxylation is 1. The molecule has 0 atom stereocenters. The number of hydrogen-bond donors (Lipinski definition) is 1. The Morgan fingerprint density at radius 2 is 2.18 bits per heavy atom. The summed E-state index contributed by atoms with van der Waals surface area (Å²) in [4.78, 5) is 4.39. The molecule has 0 aliphatic heterocycles. The van der Waals surface area contributed by atoms with E-state index in [2.05, 4.69) is 49.1 Å². The molecule has 0 radical (unpaired) electrons. The third-order valence-corrected chi connectivity index (χ3v) is 2.73. The second-order valence-electron chi connectivity index (χ2n) is 5.48. The van der Waals surface area contributed by atoms with Crippen LogP contribution in [0.3, 0.4) is 0 Å². The molecule has 17 heavy (non-hydrogen) atoms. The monoisotopic (exact) mass is 235 g/mol. The van der Waals surface area contributed by atoms with Crippen molar-refractivity contribution in [2.24, 2.45) is 0 Å². The fraction of sp³-hybridized carbons (Fsp3) is 0.643. The van der Waals surface area contributed by atoms with Crippen molar-refractivity contribution < 1.29 is 0 Å². The van der Waals surface area contributed by atoms with Crippen LogP contribution >= 0.6 is 0 Å². The molecule has 0 amide bonds. The fourth-order valence-corrected chi connectivity index (χ4v) is 1.71. The number of aromatic nitrogens is 2. The minimum absolute atomic E-state index is 0.143. The van der Waals surface area contributed by atoms with Gasteiger partial charge in [-0.05, 0) is 40.5 Å². The third kappa shape index (κ3) is 4.73. The van der Waals surface area contributed by atoms with Crippen molar-refractivity contribution in [2.45, 2.75) is 59.2 Å². The van der Waals surface area contributed by atoms with Gasteiger partial charge in [-0.3, -0.25) is 0 Å².